The van der Waals surface area contributed by atoms with Gasteiger partial charge in [0.25, 0.3) is 0 Å². The third-order valence-corrected chi connectivity index (χ3v) is 10.4. The largest absolute Gasteiger partial charge is 0.480 e. The zero-order valence-corrected chi connectivity index (χ0v) is 53.9. The summed E-state index contributed by atoms with van der Waals surface area (Å²) in [6.45, 7) is 27.2. The zero-order chi connectivity index (χ0) is 64.4. The fraction of sp³-hybridized carbons (Fsp3) is 0.948. The summed E-state index contributed by atoms with van der Waals surface area (Å²) in [5.41, 5.74) is -0.524. The number of hydrogen-bond donors (Lipinski definition) is 3. The van der Waals surface area contributed by atoms with Crippen LogP contribution in [0.15, 0.2) is 0 Å². The normalized spacial score (nSPS) is 11.7. The summed E-state index contributed by atoms with van der Waals surface area (Å²) in [6, 6.07) is 0. The van der Waals surface area contributed by atoms with E-state index in [0.717, 1.165) is 0 Å². The molecule has 0 spiro atoms. The molecule has 0 rings (SSSR count). The molecule has 0 aliphatic rings. The van der Waals surface area contributed by atoms with Crippen molar-refractivity contribution in [2.24, 2.45) is 0 Å². The second-order valence-corrected chi connectivity index (χ2v) is 19.0. The number of carboxylic acids is 1. The molecule has 31 nitrogen and oxygen atoms in total. The highest BCUT2D eigenvalue weighted by Crippen LogP contribution is 2.06. The molecule has 31 heteroatoms. The van der Waals surface area contributed by atoms with E-state index in [1.165, 1.54) is 0 Å². The Balaban J connectivity index is 3.11. The highest BCUT2D eigenvalue weighted by atomic mass is 16.6. The van der Waals surface area contributed by atoms with E-state index in [4.69, 9.17) is 124 Å². The maximum absolute atomic E-state index is 11.5. The molecule has 0 aromatic rings. The molecule has 0 unspecified atom stereocenters. The third kappa shape index (κ3) is 81.3. The van der Waals surface area contributed by atoms with Crippen molar-refractivity contribution >= 4 is 18.0 Å². The van der Waals surface area contributed by atoms with Crippen LogP contribution >= 0.6 is 0 Å². The molecular weight excluding hydrogens is 1190 g/mol. The van der Waals surface area contributed by atoms with Crippen molar-refractivity contribution in [1.29, 1.82) is 0 Å². The van der Waals surface area contributed by atoms with E-state index in [0.29, 0.717) is 317 Å². The average molecular weight is 1300 g/mol. The second kappa shape index (κ2) is 74.3. The van der Waals surface area contributed by atoms with Gasteiger partial charge in [-0.3, -0.25) is 9.59 Å². The van der Waals surface area contributed by atoms with Crippen molar-refractivity contribution in [1.82, 2.24) is 10.6 Å². The first-order valence-electron chi connectivity index (χ1n) is 31.0. The molecule has 3 N–H and O–H groups in total. The van der Waals surface area contributed by atoms with Crippen molar-refractivity contribution in [3.63, 3.8) is 0 Å². The lowest BCUT2D eigenvalue weighted by molar-refractivity contribution is -0.138. The first kappa shape index (κ1) is 86.2. The average Bonchev–Trinajstić information content (AvgIpc) is 3.62. The van der Waals surface area contributed by atoms with E-state index in [2.05, 4.69) is 10.6 Å². The number of aliphatic carboxylic acids is 1. The first-order chi connectivity index (χ1) is 43.7. The summed E-state index contributed by atoms with van der Waals surface area (Å²) in [7, 11) is 0. The summed E-state index contributed by atoms with van der Waals surface area (Å²) in [5, 5.41) is 13.4. The van der Waals surface area contributed by atoms with Crippen LogP contribution in [0.2, 0.25) is 0 Å². The molecule has 530 valence electrons. The van der Waals surface area contributed by atoms with Crippen molar-refractivity contribution in [2.45, 2.75) is 32.8 Å². The summed E-state index contributed by atoms with van der Waals surface area (Å²) in [5.74, 6) is -1.46. The summed E-state index contributed by atoms with van der Waals surface area (Å²) in [4.78, 5) is 33.3. The minimum atomic E-state index is -1.09. The lowest BCUT2D eigenvalue weighted by Crippen LogP contribution is -2.34. The minimum absolute atomic E-state index is 0.0935. The van der Waals surface area contributed by atoms with Gasteiger partial charge < -0.3 is 134 Å². The van der Waals surface area contributed by atoms with Gasteiger partial charge in [0.1, 0.15) is 12.1 Å². The number of amides is 2. The van der Waals surface area contributed by atoms with Crippen molar-refractivity contribution < 1.29 is 138 Å². The van der Waals surface area contributed by atoms with Crippen LogP contribution in [-0.2, 0) is 128 Å². The Morgan fingerprint density at radius 3 is 0.562 bits per heavy atom. The molecule has 0 aliphatic heterocycles. The Labute approximate surface area is 528 Å². The number of carbonyl (C=O) groups excluding carboxylic acids is 2. The van der Waals surface area contributed by atoms with Gasteiger partial charge in [0.15, 0.2) is 0 Å². The van der Waals surface area contributed by atoms with E-state index >= 15 is 0 Å². The van der Waals surface area contributed by atoms with Gasteiger partial charge in [-0.05, 0) is 20.8 Å². The summed E-state index contributed by atoms with van der Waals surface area (Å²) in [6.07, 6.45) is -0.367. The first-order valence-corrected chi connectivity index (χ1v) is 31.0. The molecule has 0 aliphatic carbocycles. The van der Waals surface area contributed by atoms with E-state index in [-0.39, 0.29) is 18.9 Å². The van der Waals surface area contributed by atoms with Crippen LogP contribution < -0.4 is 10.6 Å². The molecule has 0 bridgehead atoms. The Kier molecular flexibility index (Phi) is 72.0. The van der Waals surface area contributed by atoms with Gasteiger partial charge >= 0.3 is 12.1 Å². The zero-order valence-electron chi connectivity index (χ0n) is 53.9. The molecule has 0 aromatic carbocycles. The van der Waals surface area contributed by atoms with Crippen LogP contribution in [0.5, 0.6) is 0 Å². The number of carbonyl (C=O) groups is 3. The Morgan fingerprint density at radius 2 is 0.404 bits per heavy atom. The quantitative estimate of drug-likeness (QED) is 0.0698. The second-order valence-electron chi connectivity index (χ2n) is 19.0. The highest BCUT2D eigenvalue weighted by molar-refractivity contribution is 5.81. The molecule has 0 heterocycles. The number of rotatable bonds is 77. The van der Waals surface area contributed by atoms with Gasteiger partial charge in [-0.25, -0.2) is 4.79 Å². The molecular formula is C58H114N2O29. The lowest BCUT2D eigenvalue weighted by atomic mass is 10.2. The van der Waals surface area contributed by atoms with Crippen LogP contribution in [0.4, 0.5) is 4.79 Å². The number of alkyl carbamates (subject to hydrolysis) is 1. The van der Waals surface area contributed by atoms with Gasteiger partial charge in [-0.1, -0.05) is 0 Å². The SMILES string of the molecule is CC(C)(C)OC(=O)NCCOCCOCCOCCOCCOCCOCCOCCOCCOCCOCCOCCOCCOCCOCCOCCOCCOCCOCCOCCOCCOCCOCCOCCOCCC(=O)NCC(=O)O. The third-order valence-electron chi connectivity index (χ3n) is 10.4. The van der Waals surface area contributed by atoms with Gasteiger partial charge in [0.2, 0.25) is 5.91 Å². The highest BCUT2D eigenvalue weighted by Gasteiger charge is 2.15. The van der Waals surface area contributed by atoms with Crippen LogP contribution in [0, 0.1) is 0 Å². The molecule has 0 saturated carbocycles. The molecule has 0 atom stereocenters. The Hall–Kier alpha value is -2.75. The smallest absolute Gasteiger partial charge is 0.407 e. The maximum Gasteiger partial charge on any atom is 0.407 e. The number of nitrogens with one attached hydrogen (secondary N) is 2. The number of ether oxygens (including phenoxy) is 25. The number of carboxylic acid groups (broad SMARTS) is 1. The van der Waals surface area contributed by atoms with E-state index < -0.39 is 24.2 Å². The van der Waals surface area contributed by atoms with Crippen LogP contribution in [-0.4, -0.2) is 359 Å². The van der Waals surface area contributed by atoms with Crippen LogP contribution in [0.25, 0.3) is 0 Å². The summed E-state index contributed by atoms with van der Waals surface area (Å²) >= 11 is 0. The topological polar surface area (TPSA) is 326 Å². The van der Waals surface area contributed by atoms with E-state index in [9.17, 15) is 14.4 Å². The molecule has 0 saturated heterocycles. The van der Waals surface area contributed by atoms with Gasteiger partial charge in [-0.2, -0.15) is 0 Å². The molecule has 0 radical (unpaired) electrons. The lowest BCUT2D eigenvalue weighted by Gasteiger charge is -2.19. The van der Waals surface area contributed by atoms with Gasteiger partial charge in [-0.15, -0.1) is 0 Å². The van der Waals surface area contributed by atoms with E-state index in [1.54, 1.807) is 0 Å². The van der Waals surface area contributed by atoms with E-state index in [1.807, 2.05) is 20.8 Å². The Bertz CT molecular complexity index is 1430. The molecule has 2 amide bonds. The molecule has 89 heavy (non-hydrogen) atoms. The predicted octanol–water partition coefficient (Wildman–Crippen LogP) is 0.500. The monoisotopic (exact) mass is 1300 g/mol. The molecule has 0 aromatic heterocycles. The van der Waals surface area contributed by atoms with Gasteiger partial charge in [0.05, 0.1) is 317 Å². The van der Waals surface area contributed by atoms with Crippen molar-refractivity contribution in [3.8, 4) is 0 Å². The van der Waals surface area contributed by atoms with Crippen molar-refractivity contribution in [3.05, 3.63) is 0 Å². The fourth-order valence-electron chi connectivity index (χ4n) is 6.13. The minimum Gasteiger partial charge on any atom is -0.480 e. The van der Waals surface area contributed by atoms with Crippen LogP contribution in [0.3, 0.4) is 0 Å². The number of hydrogen-bond acceptors (Lipinski definition) is 28. The van der Waals surface area contributed by atoms with Crippen molar-refractivity contribution in [2.75, 3.05) is 330 Å². The summed E-state index contributed by atoms with van der Waals surface area (Å²) < 4.78 is 137. The predicted molar refractivity (Wildman–Crippen MR) is 319 cm³/mol. The fourth-order valence-corrected chi connectivity index (χ4v) is 6.13. The van der Waals surface area contributed by atoms with Crippen LogP contribution in [0.1, 0.15) is 27.2 Å². The Morgan fingerprint density at radius 1 is 0.247 bits per heavy atom. The standard InChI is InChI=1S/C58H114N2O29/c1-58(2,3)89-57(64)59-5-7-66-9-11-68-13-15-70-17-19-72-21-23-74-25-27-76-29-31-78-33-35-80-37-39-82-41-43-84-45-47-86-49-51-88-53-52-87-50-48-85-46-44-83-42-40-81-38-36-79-34-32-77-30-28-75-26-24-73-22-20-71-18-16-69-14-12-67-10-8-65-6-4-55(61)60-54-56(62)63/h4-54H2,1-3H3,(H,59,64)(H,60,61)(H,62,63). The van der Waals surface area contributed by atoms with Gasteiger partial charge in [0, 0.05) is 13.0 Å². The maximum atomic E-state index is 11.5. The molecule has 0 fully saturated rings.